The van der Waals surface area contributed by atoms with E-state index in [0.717, 1.165) is 37.1 Å². The van der Waals surface area contributed by atoms with E-state index in [4.69, 9.17) is 10.7 Å². The molecule has 1 unspecified atom stereocenters. The monoisotopic (exact) mass is 555 g/mol. The lowest BCUT2D eigenvalue weighted by Gasteiger charge is -2.46. The van der Waals surface area contributed by atoms with Crippen LogP contribution in [0.1, 0.15) is 81.8 Å². The topological polar surface area (TPSA) is 84.5 Å². The molecule has 3 saturated heterocycles. The third kappa shape index (κ3) is 4.96. The van der Waals surface area contributed by atoms with Crippen molar-refractivity contribution in [3.8, 4) is 0 Å². The molecule has 6 rings (SSSR count). The van der Waals surface area contributed by atoms with E-state index in [0.29, 0.717) is 31.2 Å². The van der Waals surface area contributed by atoms with Gasteiger partial charge in [-0.1, -0.05) is 42.0 Å². The second kappa shape index (κ2) is 10.6. The number of likely N-dealkylation sites (tertiary alicyclic amines) is 1. The minimum atomic E-state index is -1.17. The van der Waals surface area contributed by atoms with Gasteiger partial charge < -0.3 is 15.2 Å². The zero-order chi connectivity index (χ0) is 28.9. The first kappa shape index (κ1) is 28.0. The van der Waals surface area contributed by atoms with E-state index >= 15 is 0 Å². The Hall–Kier alpha value is -3.19. The predicted octanol–water partition coefficient (Wildman–Crippen LogP) is 5.28. The van der Waals surface area contributed by atoms with Gasteiger partial charge in [0.05, 0.1) is 11.0 Å². The van der Waals surface area contributed by atoms with Crippen LogP contribution in [0.2, 0.25) is 0 Å². The molecule has 7 nitrogen and oxygen atoms in total. The fourth-order valence-corrected chi connectivity index (χ4v) is 8.09. The summed E-state index contributed by atoms with van der Waals surface area (Å²) in [5.41, 5.74) is 9.46. The van der Waals surface area contributed by atoms with E-state index < -0.39 is 11.3 Å². The average Bonchev–Trinajstić information content (AvgIpc) is 3.42. The number of piperidine rings is 2. The lowest BCUT2D eigenvalue weighted by Crippen LogP contribution is -2.53. The smallest absolute Gasteiger partial charge is 0.237 e. The first-order valence-electron chi connectivity index (χ1n) is 15.4. The zero-order valence-corrected chi connectivity index (χ0v) is 25.1. The highest BCUT2D eigenvalue weighted by atomic mass is 16.2. The minimum Gasteiger partial charge on any atom is -0.369 e. The second-order valence-electron chi connectivity index (χ2n) is 13.4. The van der Waals surface area contributed by atoms with Gasteiger partial charge in [-0.25, -0.2) is 4.98 Å². The summed E-state index contributed by atoms with van der Waals surface area (Å²) < 4.78 is 2.51. The number of carbonyl (C=O) groups excluding carboxylic acids is 2. The van der Waals surface area contributed by atoms with Gasteiger partial charge in [0.15, 0.2) is 0 Å². The maximum atomic E-state index is 13.2. The number of nitrogens with two attached hydrogens (primary N) is 1. The quantitative estimate of drug-likeness (QED) is 0.402. The molecule has 41 heavy (non-hydrogen) atoms. The Morgan fingerprint density at radius 3 is 2.32 bits per heavy atom. The maximum Gasteiger partial charge on any atom is 0.237 e. The summed E-state index contributed by atoms with van der Waals surface area (Å²) >= 11 is 0. The molecule has 0 saturated carbocycles. The van der Waals surface area contributed by atoms with Gasteiger partial charge in [-0.2, -0.15) is 0 Å². The first-order chi connectivity index (χ1) is 19.6. The zero-order valence-electron chi connectivity index (χ0n) is 25.1. The highest BCUT2D eigenvalue weighted by molar-refractivity contribution is 6.03. The molecule has 3 aliphatic rings. The van der Waals surface area contributed by atoms with Crippen LogP contribution in [0.5, 0.6) is 0 Å². The van der Waals surface area contributed by atoms with Crippen LogP contribution in [0.3, 0.4) is 0 Å². The van der Waals surface area contributed by atoms with Crippen molar-refractivity contribution < 1.29 is 9.59 Å². The van der Waals surface area contributed by atoms with Crippen molar-refractivity contribution in [3.05, 3.63) is 65.5 Å². The van der Waals surface area contributed by atoms with Gasteiger partial charge in [0.25, 0.3) is 0 Å². The van der Waals surface area contributed by atoms with Gasteiger partial charge in [-0.3, -0.25) is 14.5 Å². The number of aryl methyl sites for hydroxylation is 2. The van der Waals surface area contributed by atoms with Crippen LogP contribution in [0.25, 0.3) is 11.0 Å². The molecule has 2 bridgehead atoms. The summed E-state index contributed by atoms with van der Waals surface area (Å²) in [5, 5.41) is 0. The summed E-state index contributed by atoms with van der Waals surface area (Å²) in [5.74, 6) is 0.421. The van der Waals surface area contributed by atoms with Gasteiger partial charge in [0, 0.05) is 31.2 Å². The molecule has 3 fully saturated rings. The van der Waals surface area contributed by atoms with Crippen LogP contribution in [0.4, 0.5) is 0 Å². The van der Waals surface area contributed by atoms with Crippen molar-refractivity contribution in [2.75, 3.05) is 19.6 Å². The predicted molar refractivity (Wildman–Crippen MR) is 163 cm³/mol. The molecule has 2 amide bonds. The van der Waals surface area contributed by atoms with Crippen molar-refractivity contribution in [3.63, 3.8) is 0 Å². The summed E-state index contributed by atoms with van der Waals surface area (Å²) in [6, 6.07) is 19.2. The van der Waals surface area contributed by atoms with E-state index in [-0.39, 0.29) is 11.3 Å². The molecule has 0 radical (unpaired) electrons. The lowest BCUT2D eigenvalue weighted by molar-refractivity contribution is -0.148. The number of aromatic nitrogens is 2. The Morgan fingerprint density at radius 2 is 1.66 bits per heavy atom. The fraction of sp³-hybridized carbons (Fsp3) is 0.559. The lowest BCUT2D eigenvalue weighted by atomic mass is 9.69. The maximum absolute atomic E-state index is 13.2. The fourth-order valence-electron chi connectivity index (χ4n) is 8.09. The average molecular weight is 556 g/mol. The van der Waals surface area contributed by atoms with Crippen LogP contribution in [0, 0.1) is 19.3 Å². The van der Waals surface area contributed by atoms with Gasteiger partial charge in [0.1, 0.15) is 11.2 Å². The van der Waals surface area contributed by atoms with Crippen molar-refractivity contribution in [2.24, 2.45) is 11.1 Å². The highest BCUT2D eigenvalue weighted by Crippen LogP contribution is 2.45. The van der Waals surface area contributed by atoms with E-state index in [9.17, 15) is 9.59 Å². The van der Waals surface area contributed by atoms with Crippen LogP contribution in [-0.2, 0) is 15.0 Å². The SMILES string of the molecule is Cc1cccc(C2(CCN3[C@@H]4CC[C@H]3CC(n3c(C)nc5ccccc53)C4)CCN(C(=O)C(C)(C)C(N)=O)CC2)c1. The summed E-state index contributed by atoms with van der Waals surface area (Å²) in [4.78, 5) is 34.7. The number of rotatable bonds is 7. The Morgan fingerprint density at radius 1 is 0.976 bits per heavy atom. The molecule has 218 valence electrons. The van der Waals surface area contributed by atoms with E-state index in [1.54, 1.807) is 13.8 Å². The third-order valence-electron chi connectivity index (χ3n) is 10.6. The number of imidazole rings is 1. The molecule has 3 aliphatic heterocycles. The van der Waals surface area contributed by atoms with E-state index in [2.05, 4.69) is 71.8 Å². The Kier molecular flexibility index (Phi) is 7.21. The van der Waals surface area contributed by atoms with Crippen LogP contribution in [0.15, 0.2) is 48.5 Å². The van der Waals surface area contributed by atoms with E-state index in [1.807, 2.05) is 4.90 Å². The van der Waals surface area contributed by atoms with Crippen molar-refractivity contribution in [1.29, 1.82) is 0 Å². The molecule has 2 aromatic carbocycles. The molecular weight excluding hydrogens is 510 g/mol. The molecule has 0 aliphatic carbocycles. The van der Waals surface area contributed by atoms with Gasteiger partial charge >= 0.3 is 0 Å². The number of benzene rings is 2. The molecule has 7 heteroatoms. The molecule has 3 atom stereocenters. The van der Waals surface area contributed by atoms with Crippen LogP contribution >= 0.6 is 0 Å². The number of nitrogens with zero attached hydrogens (tertiary/aromatic N) is 4. The number of amides is 2. The molecule has 2 N–H and O–H groups in total. The standard InChI is InChI=1S/C34H45N5O2/c1-23-8-7-9-25(20-23)34(14-17-37(18-15-34)32(41)33(3,4)31(35)40)16-19-38-26-12-13-27(38)22-28(21-26)39-24(2)36-29-10-5-6-11-30(29)39/h5-11,20,26-28H,12-19,21-22H2,1-4H3,(H2,35,40)/t26-,27+,28?. The number of para-hydroxylation sites is 2. The number of fused-ring (bicyclic) bond motifs is 3. The number of hydrogen-bond donors (Lipinski definition) is 1. The largest absolute Gasteiger partial charge is 0.369 e. The number of primary amides is 1. The van der Waals surface area contributed by atoms with Crippen LogP contribution < -0.4 is 5.73 Å². The summed E-state index contributed by atoms with van der Waals surface area (Å²) in [6.07, 6.45) is 7.80. The third-order valence-corrected chi connectivity index (χ3v) is 10.6. The van der Waals surface area contributed by atoms with E-state index in [1.165, 1.54) is 42.3 Å². The molecule has 3 aromatic rings. The molecular formula is C34H45N5O2. The van der Waals surface area contributed by atoms with Crippen molar-refractivity contribution >= 4 is 22.8 Å². The van der Waals surface area contributed by atoms with Crippen molar-refractivity contribution in [1.82, 2.24) is 19.4 Å². The Labute approximate surface area is 244 Å². The molecule has 0 spiro atoms. The molecule has 1 aromatic heterocycles. The minimum absolute atomic E-state index is 0.0209. The molecule has 4 heterocycles. The summed E-state index contributed by atoms with van der Waals surface area (Å²) in [7, 11) is 0. The second-order valence-corrected chi connectivity index (χ2v) is 13.4. The normalized spacial score (nSPS) is 24.6. The number of hydrogen-bond acceptors (Lipinski definition) is 4. The van der Waals surface area contributed by atoms with Gasteiger partial charge in [-0.15, -0.1) is 0 Å². The van der Waals surface area contributed by atoms with Gasteiger partial charge in [-0.05, 0) is 102 Å². The van der Waals surface area contributed by atoms with Gasteiger partial charge in [0.2, 0.25) is 11.8 Å². The Bertz CT molecular complexity index is 1440. The van der Waals surface area contributed by atoms with Crippen LogP contribution in [-0.4, -0.2) is 62.9 Å². The number of carbonyl (C=O) groups is 2. The summed E-state index contributed by atoms with van der Waals surface area (Å²) in [6.45, 7) is 10.0. The Balaban J connectivity index is 1.19. The highest BCUT2D eigenvalue weighted by Gasteiger charge is 2.45. The first-order valence-corrected chi connectivity index (χ1v) is 15.4. The van der Waals surface area contributed by atoms with Crippen molar-refractivity contribution in [2.45, 2.75) is 96.2 Å².